The van der Waals surface area contributed by atoms with Gasteiger partial charge in [0.1, 0.15) is 0 Å². The molecule has 0 radical (unpaired) electrons. The maximum atomic E-state index is 2.44. The zero-order valence-corrected chi connectivity index (χ0v) is 11.7. The third-order valence-corrected chi connectivity index (χ3v) is 3.81. The predicted octanol–water partition coefficient (Wildman–Crippen LogP) is 3.79. The second kappa shape index (κ2) is 3.84. The summed E-state index contributed by atoms with van der Waals surface area (Å²) < 4.78 is 0. The molecule has 0 aromatic rings. The van der Waals surface area contributed by atoms with Gasteiger partial charge in [0, 0.05) is 12.1 Å². The molecule has 0 amide bonds. The molecular weight excluding hydrogens is 170 g/mol. The molecule has 1 heteroatoms. The molecule has 0 aromatic heterocycles. The molecule has 0 aromatic carbocycles. The minimum absolute atomic E-state index is 0.266. The maximum Gasteiger partial charge on any atom is 0.0122 e. The van der Waals surface area contributed by atoms with Gasteiger partial charge in [0.2, 0.25) is 0 Å². The van der Waals surface area contributed by atoms with Crippen LogP contribution in [0.2, 0.25) is 0 Å². The van der Waals surface area contributed by atoms with Crippen molar-refractivity contribution >= 4 is 0 Å². The maximum absolute atomic E-state index is 2.44. The Morgan fingerprint density at radius 1 is 0.786 bits per heavy atom. The summed E-state index contributed by atoms with van der Waals surface area (Å²) in [5.74, 6) is 0. The van der Waals surface area contributed by atoms with Gasteiger partial charge in [-0.3, -0.25) is 0 Å². The van der Waals surface area contributed by atoms with Crippen LogP contribution in [0.1, 0.15) is 55.4 Å². The van der Waals surface area contributed by atoms with Crippen molar-refractivity contribution in [1.29, 1.82) is 0 Å². The van der Waals surface area contributed by atoms with Gasteiger partial charge in [-0.15, -0.1) is 0 Å². The van der Waals surface area contributed by atoms with E-state index < -0.39 is 0 Å². The molecule has 0 aliphatic carbocycles. The molecule has 0 aliphatic heterocycles. The molecule has 0 rings (SSSR count). The molecule has 0 unspecified atom stereocenters. The monoisotopic (exact) mass is 199 g/mol. The Bertz CT molecular complexity index is 178. The van der Waals surface area contributed by atoms with Crippen molar-refractivity contribution in [3.05, 3.63) is 0 Å². The minimum atomic E-state index is 0.266. The molecule has 1 nitrogen and oxygen atoms in total. The fourth-order valence-electron chi connectivity index (χ4n) is 1.07. The Hall–Kier alpha value is -0.0400. The third-order valence-electron chi connectivity index (χ3n) is 3.81. The van der Waals surface area contributed by atoms with Crippen LogP contribution in [-0.4, -0.2) is 24.0 Å². The molecule has 0 atom stereocenters. The van der Waals surface area contributed by atoms with Crippen molar-refractivity contribution in [3.63, 3.8) is 0 Å². The van der Waals surface area contributed by atoms with Crippen LogP contribution in [0, 0.1) is 10.8 Å². The fraction of sp³-hybridized carbons (Fsp3) is 1.00. The molecule has 86 valence electrons. The van der Waals surface area contributed by atoms with Crippen molar-refractivity contribution in [2.45, 2.75) is 60.9 Å². The van der Waals surface area contributed by atoms with E-state index in [0.29, 0.717) is 10.8 Å². The first kappa shape index (κ1) is 14.0. The Balaban J connectivity index is 4.53. The van der Waals surface area contributed by atoms with E-state index in [0.717, 1.165) is 6.54 Å². The average molecular weight is 199 g/mol. The first-order valence-corrected chi connectivity index (χ1v) is 5.59. The molecule has 0 saturated carbocycles. The summed E-state index contributed by atoms with van der Waals surface area (Å²) >= 11 is 0. The van der Waals surface area contributed by atoms with Crippen LogP contribution in [0.25, 0.3) is 0 Å². The van der Waals surface area contributed by atoms with Crippen LogP contribution in [0.4, 0.5) is 0 Å². The first-order valence-electron chi connectivity index (χ1n) is 5.59. The Morgan fingerprint density at radius 3 is 1.36 bits per heavy atom. The Labute approximate surface area is 90.9 Å². The highest BCUT2D eigenvalue weighted by atomic mass is 15.2. The van der Waals surface area contributed by atoms with E-state index in [9.17, 15) is 0 Å². The number of nitrogens with zero attached hydrogens (tertiary/aromatic N) is 1. The van der Waals surface area contributed by atoms with Gasteiger partial charge in [-0.25, -0.2) is 0 Å². The summed E-state index contributed by atoms with van der Waals surface area (Å²) in [6, 6.07) is 0. The molecule has 0 spiro atoms. The van der Waals surface area contributed by atoms with Crippen molar-refractivity contribution in [2.75, 3.05) is 13.6 Å². The van der Waals surface area contributed by atoms with E-state index in [-0.39, 0.29) is 5.54 Å². The lowest BCUT2D eigenvalue weighted by Crippen LogP contribution is -2.47. The van der Waals surface area contributed by atoms with E-state index >= 15 is 0 Å². The number of hydrogen-bond donors (Lipinski definition) is 0. The zero-order chi connectivity index (χ0) is 11.8. The molecule has 0 bridgehead atoms. The fourth-order valence-corrected chi connectivity index (χ4v) is 1.07. The second-order valence-corrected chi connectivity index (χ2v) is 7.16. The smallest absolute Gasteiger partial charge is 0.0122 e. The van der Waals surface area contributed by atoms with E-state index in [2.05, 4.69) is 67.3 Å². The normalized spacial score (nSPS) is 15.0. The van der Waals surface area contributed by atoms with Crippen LogP contribution in [0.3, 0.4) is 0 Å². The molecule has 0 heterocycles. The van der Waals surface area contributed by atoms with Crippen LogP contribution >= 0.6 is 0 Å². The van der Waals surface area contributed by atoms with Crippen LogP contribution in [-0.2, 0) is 0 Å². The molecule has 0 aliphatic rings. The molecular formula is C13H29N. The summed E-state index contributed by atoms with van der Waals surface area (Å²) in [5.41, 5.74) is 0.962. The number of hydrogen-bond acceptors (Lipinski definition) is 1. The average Bonchev–Trinajstić information content (AvgIpc) is 1.80. The summed E-state index contributed by atoms with van der Waals surface area (Å²) in [7, 11) is 2.22. The molecule has 0 saturated heterocycles. The summed E-state index contributed by atoms with van der Waals surface area (Å²) in [5, 5.41) is 0. The van der Waals surface area contributed by atoms with Gasteiger partial charge in [0.15, 0.2) is 0 Å². The van der Waals surface area contributed by atoms with Gasteiger partial charge in [-0.2, -0.15) is 0 Å². The zero-order valence-electron chi connectivity index (χ0n) is 11.7. The van der Waals surface area contributed by atoms with E-state index in [1.807, 2.05) is 0 Å². The largest absolute Gasteiger partial charge is 0.301 e. The highest BCUT2D eigenvalue weighted by molar-refractivity contribution is 4.87. The summed E-state index contributed by atoms with van der Waals surface area (Å²) in [4.78, 5) is 2.44. The minimum Gasteiger partial charge on any atom is -0.301 e. The lowest BCUT2D eigenvalue weighted by Gasteiger charge is -2.45. The third kappa shape index (κ3) is 3.61. The topological polar surface area (TPSA) is 3.24 Å². The first-order chi connectivity index (χ1) is 5.88. The van der Waals surface area contributed by atoms with Crippen molar-refractivity contribution < 1.29 is 0 Å². The Morgan fingerprint density at radius 2 is 1.14 bits per heavy atom. The van der Waals surface area contributed by atoms with Crippen molar-refractivity contribution in [2.24, 2.45) is 10.8 Å². The molecule has 0 fully saturated rings. The summed E-state index contributed by atoms with van der Waals surface area (Å²) in [6.07, 6.45) is 0. The standard InChI is InChI=1S/C13H29N/c1-11(2,3)13(7,8)10-14(9)12(4,5)6/h10H2,1-9H3. The van der Waals surface area contributed by atoms with Gasteiger partial charge in [-0.05, 0) is 38.6 Å². The van der Waals surface area contributed by atoms with Crippen LogP contribution in [0.5, 0.6) is 0 Å². The number of rotatable bonds is 2. The van der Waals surface area contributed by atoms with E-state index in [4.69, 9.17) is 0 Å². The van der Waals surface area contributed by atoms with Crippen molar-refractivity contribution in [1.82, 2.24) is 4.90 Å². The SMILES string of the molecule is CN(CC(C)(C)C(C)(C)C)C(C)(C)C. The molecule has 0 N–H and O–H groups in total. The van der Waals surface area contributed by atoms with Crippen LogP contribution in [0.15, 0.2) is 0 Å². The van der Waals surface area contributed by atoms with E-state index in [1.54, 1.807) is 0 Å². The highest BCUT2D eigenvalue weighted by Crippen LogP contribution is 2.39. The quantitative estimate of drug-likeness (QED) is 0.654. The lowest BCUT2D eigenvalue weighted by atomic mass is 9.69. The molecule has 14 heavy (non-hydrogen) atoms. The highest BCUT2D eigenvalue weighted by Gasteiger charge is 2.35. The Kier molecular flexibility index (Phi) is 3.83. The van der Waals surface area contributed by atoms with E-state index in [1.165, 1.54) is 0 Å². The van der Waals surface area contributed by atoms with Crippen molar-refractivity contribution in [3.8, 4) is 0 Å². The second-order valence-electron chi connectivity index (χ2n) is 7.16. The van der Waals surface area contributed by atoms with Gasteiger partial charge in [-0.1, -0.05) is 34.6 Å². The van der Waals surface area contributed by atoms with Gasteiger partial charge in [0.05, 0.1) is 0 Å². The lowest BCUT2D eigenvalue weighted by molar-refractivity contribution is 0.0428. The van der Waals surface area contributed by atoms with Gasteiger partial charge >= 0.3 is 0 Å². The van der Waals surface area contributed by atoms with Gasteiger partial charge in [0.25, 0.3) is 0 Å². The van der Waals surface area contributed by atoms with Crippen LogP contribution < -0.4 is 0 Å². The summed E-state index contributed by atoms with van der Waals surface area (Å²) in [6.45, 7) is 19.6. The van der Waals surface area contributed by atoms with Gasteiger partial charge < -0.3 is 4.90 Å². The predicted molar refractivity (Wildman–Crippen MR) is 65.6 cm³/mol.